The van der Waals surface area contributed by atoms with E-state index in [1.807, 2.05) is 31.2 Å². The van der Waals surface area contributed by atoms with Crippen molar-refractivity contribution in [1.29, 1.82) is 0 Å². The number of hydrogen-bond donors (Lipinski definition) is 1. The van der Waals surface area contributed by atoms with Crippen LogP contribution < -0.4 is 5.32 Å². The first-order valence-electron chi connectivity index (χ1n) is 8.05. The molecule has 0 unspecified atom stereocenters. The molecule has 8 heteroatoms. The van der Waals surface area contributed by atoms with E-state index in [-0.39, 0.29) is 6.61 Å². The third-order valence-electron chi connectivity index (χ3n) is 3.70. The first-order chi connectivity index (χ1) is 12.7. The highest BCUT2D eigenvalue weighted by Gasteiger charge is 2.12. The van der Waals surface area contributed by atoms with Gasteiger partial charge in [-0.25, -0.2) is 9.48 Å². The van der Waals surface area contributed by atoms with Gasteiger partial charge in [-0.15, -0.1) is 5.10 Å². The number of carbonyl (C=O) groups excluding carboxylic acids is 2. The highest BCUT2D eigenvalue weighted by Crippen LogP contribution is 2.15. The van der Waals surface area contributed by atoms with Gasteiger partial charge in [0.15, 0.2) is 6.61 Å². The Hall–Kier alpha value is -3.55. The standard InChI is InChI=1S/C18H17N5O3/c1-2-13-6-3-4-9-16(13)20-17(24)11-26-18(25)14-7-5-8-15(10-14)23-12-19-21-22-23/h3-10,12H,2,11H2,1H3,(H,20,24). The number of benzene rings is 2. The first kappa shape index (κ1) is 17.3. The summed E-state index contributed by atoms with van der Waals surface area (Å²) >= 11 is 0. The third kappa shape index (κ3) is 4.10. The van der Waals surface area contributed by atoms with Crippen LogP contribution in [0.3, 0.4) is 0 Å². The van der Waals surface area contributed by atoms with Gasteiger partial charge in [-0.1, -0.05) is 31.2 Å². The molecule has 1 heterocycles. The summed E-state index contributed by atoms with van der Waals surface area (Å²) in [6.45, 7) is 1.63. The number of carbonyl (C=O) groups is 2. The van der Waals surface area contributed by atoms with Crippen LogP contribution in [0.4, 0.5) is 5.69 Å². The molecule has 1 N–H and O–H groups in total. The molecule has 26 heavy (non-hydrogen) atoms. The van der Waals surface area contributed by atoms with Gasteiger partial charge in [-0.2, -0.15) is 0 Å². The molecule has 0 radical (unpaired) electrons. The number of nitrogens with zero attached hydrogens (tertiary/aromatic N) is 4. The molecular formula is C18H17N5O3. The number of para-hydroxylation sites is 1. The molecule has 3 rings (SSSR count). The highest BCUT2D eigenvalue weighted by molar-refractivity contribution is 5.96. The Kier molecular flexibility index (Phi) is 5.33. The van der Waals surface area contributed by atoms with Gasteiger partial charge in [0.25, 0.3) is 5.91 Å². The predicted molar refractivity (Wildman–Crippen MR) is 93.9 cm³/mol. The van der Waals surface area contributed by atoms with Crippen LogP contribution in [-0.2, 0) is 16.0 Å². The molecule has 0 aliphatic carbocycles. The SMILES string of the molecule is CCc1ccccc1NC(=O)COC(=O)c1cccc(-n2cnnn2)c1. The number of rotatable bonds is 6. The normalized spacial score (nSPS) is 10.3. The summed E-state index contributed by atoms with van der Waals surface area (Å²) < 4.78 is 6.52. The van der Waals surface area contributed by atoms with E-state index in [9.17, 15) is 9.59 Å². The molecule has 132 valence electrons. The summed E-state index contributed by atoms with van der Waals surface area (Å²) in [5.74, 6) is -0.991. The Labute approximate surface area is 149 Å². The van der Waals surface area contributed by atoms with Crippen molar-refractivity contribution in [3.05, 3.63) is 66.0 Å². The fraction of sp³-hybridized carbons (Fsp3) is 0.167. The largest absolute Gasteiger partial charge is 0.452 e. The van der Waals surface area contributed by atoms with Gasteiger partial charge in [0.05, 0.1) is 11.3 Å². The van der Waals surface area contributed by atoms with E-state index >= 15 is 0 Å². The number of anilines is 1. The number of aromatic nitrogens is 4. The third-order valence-corrected chi connectivity index (χ3v) is 3.70. The van der Waals surface area contributed by atoms with Crippen LogP contribution in [0.2, 0.25) is 0 Å². The second-order valence-electron chi connectivity index (χ2n) is 5.44. The van der Waals surface area contributed by atoms with Crippen LogP contribution >= 0.6 is 0 Å². The summed E-state index contributed by atoms with van der Waals surface area (Å²) in [4.78, 5) is 24.2. The molecule has 0 saturated carbocycles. The monoisotopic (exact) mass is 351 g/mol. The van der Waals surface area contributed by atoms with E-state index < -0.39 is 11.9 Å². The number of esters is 1. The number of tetrazole rings is 1. The van der Waals surface area contributed by atoms with Crippen molar-refractivity contribution in [2.24, 2.45) is 0 Å². The van der Waals surface area contributed by atoms with Gasteiger partial charge in [-0.05, 0) is 46.7 Å². The van der Waals surface area contributed by atoms with E-state index in [4.69, 9.17) is 4.74 Å². The first-order valence-corrected chi connectivity index (χ1v) is 8.05. The van der Waals surface area contributed by atoms with Crippen LogP contribution in [-0.4, -0.2) is 38.7 Å². The number of aryl methyl sites for hydroxylation is 1. The van der Waals surface area contributed by atoms with Crippen LogP contribution in [0.1, 0.15) is 22.8 Å². The minimum absolute atomic E-state index is 0.305. The van der Waals surface area contributed by atoms with Gasteiger partial charge >= 0.3 is 5.97 Å². The lowest BCUT2D eigenvalue weighted by molar-refractivity contribution is -0.119. The fourth-order valence-electron chi connectivity index (χ4n) is 2.41. The van der Waals surface area contributed by atoms with Crippen molar-refractivity contribution in [2.45, 2.75) is 13.3 Å². The smallest absolute Gasteiger partial charge is 0.338 e. The Balaban J connectivity index is 1.60. The van der Waals surface area contributed by atoms with E-state index in [2.05, 4.69) is 20.8 Å². The minimum atomic E-state index is -0.598. The Morgan fingerprint density at radius 2 is 2.00 bits per heavy atom. The maximum absolute atomic E-state index is 12.2. The zero-order chi connectivity index (χ0) is 18.4. The molecule has 0 aliphatic heterocycles. The van der Waals surface area contributed by atoms with Gasteiger partial charge < -0.3 is 10.1 Å². The molecule has 0 bridgehead atoms. The highest BCUT2D eigenvalue weighted by atomic mass is 16.5. The van der Waals surface area contributed by atoms with E-state index in [0.717, 1.165) is 17.7 Å². The lowest BCUT2D eigenvalue weighted by Gasteiger charge is -2.10. The van der Waals surface area contributed by atoms with Crippen molar-refractivity contribution in [3.8, 4) is 5.69 Å². The van der Waals surface area contributed by atoms with Gasteiger partial charge in [0.1, 0.15) is 6.33 Å². The second-order valence-corrected chi connectivity index (χ2v) is 5.44. The van der Waals surface area contributed by atoms with Crippen molar-refractivity contribution in [1.82, 2.24) is 20.2 Å². The van der Waals surface area contributed by atoms with Gasteiger partial charge in [0, 0.05) is 5.69 Å². The molecule has 0 aliphatic rings. The topological polar surface area (TPSA) is 99.0 Å². The molecule has 0 saturated heterocycles. The van der Waals surface area contributed by atoms with E-state index in [0.29, 0.717) is 11.3 Å². The second kappa shape index (κ2) is 8.02. The summed E-state index contributed by atoms with van der Waals surface area (Å²) in [5.41, 5.74) is 2.66. The van der Waals surface area contributed by atoms with Crippen LogP contribution in [0.25, 0.3) is 5.69 Å². The summed E-state index contributed by atoms with van der Waals surface area (Å²) in [6, 6.07) is 14.1. The maximum atomic E-state index is 12.2. The van der Waals surface area contributed by atoms with Crippen molar-refractivity contribution < 1.29 is 14.3 Å². The molecular weight excluding hydrogens is 334 g/mol. The Morgan fingerprint density at radius 3 is 2.77 bits per heavy atom. The lowest BCUT2D eigenvalue weighted by atomic mass is 10.1. The number of hydrogen-bond acceptors (Lipinski definition) is 6. The van der Waals surface area contributed by atoms with Crippen molar-refractivity contribution >= 4 is 17.6 Å². The quantitative estimate of drug-likeness (QED) is 0.682. The van der Waals surface area contributed by atoms with Gasteiger partial charge in [0.2, 0.25) is 0 Å². The molecule has 3 aromatic rings. The zero-order valence-electron chi connectivity index (χ0n) is 14.1. The van der Waals surface area contributed by atoms with Crippen LogP contribution in [0.5, 0.6) is 0 Å². The van der Waals surface area contributed by atoms with Crippen molar-refractivity contribution in [2.75, 3.05) is 11.9 Å². The molecule has 8 nitrogen and oxygen atoms in total. The molecule has 0 atom stereocenters. The number of ether oxygens (including phenoxy) is 1. The minimum Gasteiger partial charge on any atom is -0.452 e. The average Bonchev–Trinajstić information content (AvgIpc) is 3.21. The van der Waals surface area contributed by atoms with Gasteiger partial charge in [-0.3, -0.25) is 4.79 Å². The molecule has 0 spiro atoms. The predicted octanol–water partition coefficient (Wildman–Crippen LogP) is 2.02. The van der Waals surface area contributed by atoms with Crippen molar-refractivity contribution in [3.63, 3.8) is 0 Å². The molecule has 0 fully saturated rings. The maximum Gasteiger partial charge on any atom is 0.338 e. The average molecular weight is 351 g/mol. The lowest BCUT2D eigenvalue weighted by Crippen LogP contribution is -2.21. The zero-order valence-corrected chi connectivity index (χ0v) is 14.1. The molecule has 2 aromatic carbocycles. The number of amides is 1. The molecule has 1 aromatic heterocycles. The summed E-state index contributed by atoms with van der Waals surface area (Å²) in [7, 11) is 0. The van der Waals surface area contributed by atoms with Crippen LogP contribution in [0.15, 0.2) is 54.9 Å². The van der Waals surface area contributed by atoms with Crippen LogP contribution in [0, 0.1) is 0 Å². The van der Waals surface area contributed by atoms with E-state index in [1.165, 1.54) is 11.0 Å². The Bertz CT molecular complexity index is 909. The summed E-state index contributed by atoms with van der Waals surface area (Å²) in [5, 5.41) is 13.6. The number of nitrogens with one attached hydrogen (secondary N) is 1. The van der Waals surface area contributed by atoms with E-state index in [1.54, 1.807) is 24.3 Å². The fourth-order valence-corrected chi connectivity index (χ4v) is 2.41. The Morgan fingerprint density at radius 1 is 1.15 bits per heavy atom. The summed E-state index contributed by atoms with van der Waals surface area (Å²) in [6.07, 6.45) is 2.21. The molecule has 1 amide bonds.